The van der Waals surface area contributed by atoms with Crippen LogP contribution >= 0.6 is 18.6 Å². The Morgan fingerprint density at radius 3 is 1.84 bits per heavy atom. The van der Waals surface area contributed by atoms with Crippen LogP contribution in [0.5, 0.6) is 0 Å². The first-order valence-corrected chi connectivity index (χ1v) is 18.7. The van der Waals surface area contributed by atoms with Gasteiger partial charge in [0.05, 0.1) is 5.60 Å². The first kappa shape index (κ1) is 32.4. The number of ether oxygens (including phenoxy) is 1. The van der Waals surface area contributed by atoms with E-state index < -0.39 is 25.3 Å². The average molecular weight is 529 g/mol. The quantitative estimate of drug-likeness (QED) is 0.249. The SMILES string of the molecule is CC1CC([Si](CCOC(C)(C)C)([N-]C(C)(C)C)C2CCCCC2)C(C)C1C.[CH3-].[Cl][Ti][Cl]. The van der Waals surface area contributed by atoms with Crippen LogP contribution in [0.4, 0.5) is 0 Å². The number of hydrogen-bond donors (Lipinski definition) is 0. The molecule has 31 heavy (non-hydrogen) atoms. The molecule has 0 radical (unpaired) electrons. The molecule has 5 atom stereocenters. The van der Waals surface area contributed by atoms with Gasteiger partial charge in [0.25, 0.3) is 0 Å². The first-order valence-electron chi connectivity index (χ1n) is 12.1. The van der Waals surface area contributed by atoms with Gasteiger partial charge in [-0.1, -0.05) is 97.2 Å². The Morgan fingerprint density at radius 1 is 0.935 bits per heavy atom. The van der Waals surface area contributed by atoms with Crippen LogP contribution in [-0.4, -0.2) is 26.0 Å². The third kappa shape index (κ3) is 10.3. The second kappa shape index (κ2) is 14.1. The van der Waals surface area contributed by atoms with E-state index in [1.54, 1.807) is 0 Å². The summed E-state index contributed by atoms with van der Waals surface area (Å²) in [6.07, 6.45) is 8.53. The van der Waals surface area contributed by atoms with Crippen LogP contribution in [0.15, 0.2) is 0 Å². The number of nitrogens with zero attached hydrogens (tertiary/aromatic N) is 1. The van der Waals surface area contributed by atoms with E-state index in [-0.39, 0.29) is 18.6 Å². The van der Waals surface area contributed by atoms with E-state index in [0.717, 1.165) is 35.4 Å². The van der Waals surface area contributed by atoms with E-state index in [1.807, 2.05) is 0 Å². The van der Waals surface area contributed by atoms with Gasteiger partial charge in [-0.25, -0.2) is 0 Å². The molecule has 2 saturated carbocycles. The average Bonchev–Trinajstić information content (AvgIpc) is 2.88. The molecule has 0 aromatic carbocycles. The van der Waals surface area contributed by atoms with E-state index in [1.165, 1.54) is 44.6 Å². The molecule has 2 fully saturated rings. The Kier molecular flexibility index (Phi) is 14.8. The molecule has 5 unspecified atom stereocenters. The summed E-state index contributed by atoms with van der Waals surface area (Å²) in [5.74, 6) is 2.50. The fourth-order valence-electron chi connectivity index (χ4n) is 6.04. The zero-order valence-corrected chi connectivity index (χ0v) is 26.2. The zero-order chi connectivity index (χ0) is 23.2. The van der Waals surface area contributed by atoms with Crippen molar-refractivity contribution in [2.75, 3.05) is 6.61 Å². The minimum atomic E-state index is -1.84. The maximum absolute atomic E-state index is 6.31. The summed E-state index contributed by atoms with van der Waals surface area (Å²) in [4.78, 5) is 5.84. The molecule has 0 aromatic rings. The molecular formula is C25H51Cl2NOSiTi-2. The number of hydrogen-bond acceptors (Lipinski definition) is 1. The van der Waals surface area contributed by atoms with Gasteiger partial charge in [-0.15, -0.1) is 5.54 Å². The standard InChI is InChI=1S/C24H48NOSi.CH3.2ClH.Ti/c1-18-17-22(20(3)19(18)2)27(25-23(4,5)6,16-15-26-24(7,8)9)21-13-11-10-12-14-21;;;;/h18-22H,10-17H2,1-9H3;1H3;2*1H;/q2*-1;;;+2/p-2. The van der Waals surface area contributed by atoms with Gasteiger partial charge in [0.1, 0.15) is 0 Å². The Bertz CT molecular complexity index is 491. The van der Waals surface area contributed by atoms with Crippen molar-refractivity contribution < 1.29 is 21.8 Å². The second-order valence-corrected chi connectivity index (χ2v) is 18.8. The fraction of sp³-hybridized carbons (Fsp3) is 0.960. The van der Waals surface area contributed by atoms with Crippen LogP contribution in [0, 0.1) is 25.2 Å². The molecule has 0 heterocycles. The van der Waals surface area contributed by atoms with Crippen LogP contribution in [0.1, 0.15) is 101 Å². The summed E-state index contributed by atoms with van der Waals surface area (Å²) >= 11 is -0.556. The van der Waals surface area contributed by atoms with Crippen molar-refractivity contribution >= 4 is 26.8 Å². The van der Waals surface area contributed by atoms with Crippen molar-refractivity contribution in [3.05, 3.63) is 12.4 Å². The molecule has 2 nitrogen and oxygen atoms in total. The number of halogens is 2. The molecule has 0 amide bonds. The van der Waals surface area contributed by atoms with E-state index in [0.29, 0.717) is 0 Å². The van der Waals surface area contributed by atoms with Crippen LogP contribution in [0.3, 0.4) is 0 Å². The molecule has 2 aliphatic carbocycles. The molecule has 0 bridgehead atoms. The van der Waals surface area contributed by atoms with Crippen LogP contribution in [0.25, 0.3) is 4.98 Å². The van der Waals surface area contributed by atoms with Crippen LogP contribution in [0.2, 0.25) is 17.1 Å². The Labute approximate surface area is 213 Å². The van der Waals surface area contributed by atoms with E-state index in [2.05, 4.69) is 62.3 Å². The van der Waals surface area contributed by atoms with Crippen LogP contribution < -0.4 is 0 Å². The van der Waals surface area contributed by atoms with Gasteiger partial charge in [0.15, 0.2) is 0 Å². The predicted molar refractivity (Wildman–Crippen MR) is 140 cm³/mol. The first-order chi connectivity index (χ1) is 13.8. The van der Waals surface area contributed by atoms with Crippen molar-refractivity contribution in [3.63, 3.8) is 0 Å². The van der Waals surface area contributed by atoms with E-state index >= 15 is 0 Å². The van der Waals surface area contributed by atoms with Crippen molar-refractivity contribution in [2.45, 2.75) is 129 Å². The summed E-state index contributed by atoms with van der Waals surface area (Å²) < 4.78 is 6.31. The van der Waals surface area contributed by atoms with Crippen molar-refractivity contribution in [2.24, 2.45) is 17.8 Å². The third-order valence-corrected chi connectivity index (χ3v) is 13.7. The Hall–Kier alpha value is 1.43. The Balaban J connectivity index is 0.00000212. The molecule has 2 aliphatic rings. The topological polar surface area (TPSA) is 23.3 Å². The normalized spacial score (nSPS) is 29.4. The van der Waals surface area contributed by atoms with Crippen molar-refractivity contribution in [3.8, 4) is 0 Å². The summed E-state index contributed by atoms with van der Waals surface area (Å²) in [5.41, 5.74) is 1.74. The van der Waals surface area contributed by atoms with Gasteiger partial charge >= 0.3 is 35.6 Å². The molecule has 0 aliphatic heterocycles. The summed E-state index contributed by atoms with van der Waals surface area (Å²) in [7, 11) is 7.93. The molecule has 6 heteroatoms. The summed E-state index contributed by atoms with van der Waals surface area (Å²) in [6, 6.07) is 1.24. The van der Waals surface area contributed by atoms with Gasteiger partial charge in [0, 0.05) is 6.61 Å². The van der Waals surface area contributed by atoms with Crippen molar-refractivity contribution in [1.82, 2.24) is 0 Å². The Morgan fingerprint density at radius 2 is 1.45 bits per heavy atom. The molecular weight excluding hydrogens is 477 g/mol. The van der Waals surface area contributed by atoms with E-state index in [4.69, 9.17) is 28.3 Å². The van der Waals surface area contributed by atoms with Gasteiger partial charge in [0.2, 0.25) is 0 Å². The molecule has 0 aromatic heterocycles. The van der Waals surface area contributed by atoms with Crippen LogP contribution in [-0.2, 0) is 21.8 Å². The second-order valence-electron chi connectivity index (χ2n) is 11.9. The van der Waals surface area contributed by atoms with Crippen molar-refractivity contribution in [1.29, 1.82) is 0 Å². The molecule has 0 N–H and O–H groups in total. The fourth-order valence-corrected chi connectivity index (χ4v) is 13.0. The van der Waals surface area contributed by atoms with E-state index in [9.17, 15) is 0 Å². The third-order valence-electron chi connectivity index (χ3n) is 7.52. The molecule has 2 rings (SSSR count). The molecule has 0 spiro atoms. The molecule has 186 valence electrons. The van der Waals surface area contributed by atoms with Gasteiger partial charge < -0.3 is 17.1 Å². The van der Waals surface area contributed by atoms with Gasteiger partial charge in [-0.3, -0.25) is 0 Å². The summed E-state index contributed by atoms with van der Waals surface area (Å²) in [6.45, 7) is 22.0. The zero-order valence-electron chi connectivity index (χ0n) is 22.2. The maximum atomic E-state index is 6.31. The molecule has 0 saturated heterocycles. The summed E-state index contributed by atoms with van der Waals surface area (Å²) in [5, 5.41) is 0. The van der Waals surface area contributed by atoms with Gasteiger partial charge in [-0.2, -0.15) is 0 Å². The minimum absolute atomic E-state index is 0. The number of rotatable bonds is 6. The monoisotopic (exact) mass is 527 g/mol. The van der Waals surface area contributed by atoms with Gasteiger partial charge in [-0.05, 0) is 46.8 Å². The predicted octanol–water partition coefficient (Wildman–Crippen LogP) is 9.76.